The molecule has 0 radical (unpaired) electrons. The number of nitrogens with one attached hydrogen (secondary N) is 1. The van der Waals surface area contributed by atoms with E-state index in [0.29, 0.717) is 21.9 Å². The van der Waals surface area contributed by atoms with Gasteiger partial charge in [-0.15, -0.1) is 11.3 Å². The van der Waals surface area contributed by atoms with E-state index in [2.05, 4.69) is 17.2 Å². The van der Waals surface area contributed by atoms with Crippen molar-refractivity contribution in [1.29, 1.82) is 0 Å². The molecule has 0 unspecified atom stereocenters. The van der Waals surface area contributed by atoms with Crippen LogP contribution >= 0.6 is 23.1 Å². The average Bonchev–Trinajstić information content (AvgIpc) is 3.10. The number of hydrogen-bond donors (Lipinski definition) is 1. The molecule has 0 fully saturated rings. The molecule has 2 heterocycles. The number of amides is 1. The first-order valence-corrected chi connectivity index (χ1v) is 10.0. The van der Waals surface area contributed by atoms with Crippen LogP contribution in [0, 0.1) is 0 Å². The smallest absolute Gasteiger partial charge is 0.276 e. The van der Waals surface area contributed by atoms with Crippen molar-refractivity contribution in [2.24, 2.45) is 0 Å². The first kappa shape index (κ1) is 17.7. The van der Waals surface area contributed by atoms with E-state index in [9.17, 15) is 9.59 Å². The Kier molecular flexibility index (Phi) is 5.88. The lowest BCUT2D eigenvalue weighted by atomic mass is 10.3. The van der Waals surface area contributed by atoms with E-state index in [1.54, 1.807) is 4.57 Å². The van der Waals surface area contributed by atoms with Gasteiger partial charge in [-0.25, -0.2) is 4.98 Å². The number of rotatable bonds is 7. The van der Waals surface area contributed by atoms with E-state index < -0.39 is 0 Å². The highest BCUT2D eigenvalue weighted by Crippen LogP contribution is 2.23. The van der Waals surface area contributed by atoms with Crippen molar-refractivity contribution in [3.05, 3.63) is 52.1 Å². The maximum Gasteiger partial charge on any atom is 0.276 e. The molecule has 0 saturated carbocycles. The highest BCUT2D eigenvalue weighted by atomic mass is 32.2. The fraction of sp³-hybridized carbons (Fsp3) is 0.278. The molecule has 25 heavy (non-hydrogen) atoms. The number of carbonyl (C=O) groups is 1. The fourth-order valence-corrected chi connectivity index (χ4v) is 3.98. The molecule has 0 spiro atoms. The molecule has 0 aliphatic rings. The molecule has 0 saturated heterocycles. The number of hydrogen-bond acceptors (Lipinski definition) is 5. The molecule has 2 aromatic heterocycles. The van der Waals surface area contributed by atoms with E-state index >= 15 is 0 Å². The summed E-state index contributed by atoms with van der Waals surface area (Å²) in [5.41, 5.74) is 1.33. The Morgan fingerprint density at radius 1 is 1.28 bits per heavy atom. The van der Waals surface area contributed by atoms with E-state index in [1.807, 2.05) is 41.8 Å². The molecule has 0 bridgehead atoms. The minimum atomic E-state index is -0.0971. The Balaban J connectivity index is 1.91. The summed E-state index contributed by atoms with van der Waals surface area (Å²) >= 11 is 2.67. The van der Waals surface area contributed by atoms with Gasteiger partial charge in [0.05, 0.1) is 17.0 Å². The van der Waals surface area contributed by atoms with E-state index in [-0.39, 0.29) is 17.2 Å². The van der Waals surface area contributed by atoms with Gasteiger partial charge in [-0.05, 0) is 30.0 Å². The number of thioether (sulfide) groups is 1. The Morgan fingerprint density at radius 3 is 2.84 bits per heavy atom. The van der Waals surface area contributed by atoms with Gasteiger partial charge in [0.1, 0.15) is 4.70 Å². The second-order valence-electron chi connectivity index (χ2n) is 5.50. The monoisotopic (exact) mass is 373 g/mol. The van der Waals surface area contributed by atoms with Gasteiger partial charge in [0.15, 0.2) is 5.16 Å². The predicted molar refractivity (Wildman–Crippen MR) is 104 cm³/mol. The lowest BCUT2D eigenvalue weighted by Crippen LogP contribution is -2.27. The molecule has 3 aromatic rings. The second kappa shape index (κ2) is 8.31. The molecule has 130 valence electrons. The number of thiophene rings is 1. The van der Waals surface area contributed by atoms with Crippen molar-refractivity contribution in [2.75, 3.05) is 12.3 Å². The molecule has 1 amide bonds. The molecule has 0 aliphatic carbocycles. The molecule has 1 aromatic carbocycles. The van der Waals surface area contributed by atoms with Crippen LogP contribution in [0.3, 0.4) is 0 Å². The number of para-hydroxylation sites is 1. The molecule has 5 nitrogen and oxygen atoms in total. The van der Waals surface area contributed by atoms with Gasteiger partial charge >= 0.3 is 0 Å². The van der Waals surface area contributed by atoms with Crippen LogP contribution in [0.5, 0.6) is 0 Å². The summed E-state index contributed by atoms with van der Waals surface area (Å²) in [6, 6.07) is 11.2. The van der Waals surface area contributed by atoms with Crippen molar-refractivity contribution in [1.82, 2.24) is 14.9 Å². The van der Waals surface area contributed by atoms with Gasteiger partial charge < -0.3 is 5.32 Å². The van der Waals surface area contributed by atoms with Crippen molar-refractivity contribution < 1.29 is 4.79 Å². The fourth-order valence-electron chi connectivity index (χ4n) is 2.38. The lowest BCUT2D eigenvalue weighted by molar-refractivity contribution is -0.118. The number of unbranched alkanes of at least 4 members (excludes halogenated alkanes) is 1. The zero-order valence-corrected chi connectivity index (χ0v) is 15.5. The summed E-state index contributed by atoms with van der Waals surface area (Å²) in [6.45, 7) is 2.76. The highest BCUT2D eigenvalue weighted by molar-refractivity contribution is 7.99. The third kappa shape index (κ3) is 4.11. The molecule has 7 heteroatoms. The summed E-state index contributed by atoms with van der Waals surface area (Å²) < 4.78 is 2.21. The minimum Gasteiger partial charge on any atom is -0.355 e. The number of fused-ring (bicyclic) bond motifs is 1. The number of benzene rings is 1. The maximum atomic E-state index is 12.9. The van der Waals surface area contributed by atoms with Crippen LogP contribution in [-0.4, -0.2) is 27.8 Å². The van der Waals surface area contributed by atoms with Gasteiger partial charge in [0, 0.05) is 6.54 Å². The molecule has 0 atom stereocenters. The van der Waals surface area contributed by atoms with E-state index in [1.165, 1.54) is 23.1 Å². The minimum absolute atomic E-state index is 0.0438. The van der Waals surface area contributed by atoms with Crippen LogP contribution in [0.15, 0.2) is 51.7 Å². The molecule has 3 rings (SSSR count). The summed E-state index contributed by atoms with van der Waals surface area (Å²) in [4.78, 5) is 29.5. The third-order valence-electron chi connectivity index (χ3n) is 3.65. The van der Waals surface area contributed by atoms with Gasteiger partial charge in [-0.2, -0.15) is 0 Å². The van der Waals surface area contributed by atoms with Crippen LogP contribution in [0.4, 0.5) is 0 Å². The molecular weight excluding hydrogens is 354 g/mol. The Hall–Kier alpha value is -2.12. The number of carbonyl (C=O) groups excluding carboxylic acids is 1. The Bertz CT molecular complexity index is 919. The van der Waals surface area contributed by atoms with Crippen LogP contribution in [0.1, 0.15) is 19.8 Å². The zero-order valence-electron chi connectivity index (χ0n) is 13.9. The van der Waals surface area contributed by atoms with Crippen molar-refractivity contribution in [3.8, 4) is 5.69 Å². The van der Waals surface area contributed by atoms with Crippen LogP contribution in [-0.2, 0) is 4.79 Å². The topological polar surface area (TPSA) is 64.0 Å². The number of aromatic nitrogens is 2. The zero-order chi connectivity index (χ0) is 17.6. The Labute approximate surface area is 154 Å². The van der Waals surface area contributed by atoms with E-state index in [0.717, 1.165) is 18.5 Å². The van der Waals surface area contributed by atoms with Gasteiger partial charge in [0.25, 0.3) is 5.56 Å². The molecular formula is C18H19N3O2S2. The van der Waals surface area contributed by atoms with Crippen molar-refractivity contribution in [3.63, 3.8) is 0 Å². The van der Waals surface area contributed by atoms with Gasteiger partial charge in [0.2, 0.25) is 5.91 Å². The summed E-state index contributed by atoms with van der Waals surface area (Å²) in [5.74, 6) is 0.191. The molecule has 1 N–H and O–H groups in total. The first-order valence-electron chi connectivity index (χ1n) is 8.16. The van der Waals surface area contributed by atoms with Crippen molar-refractivity contribution in [2.45, 2.75) is 24.9 Å². The van der Waals surface area contributed by atoms with E-state index in [4.69, 9.17) is 0 Å². The summed E-state index contributed by atoms with van der Waals surface area (Å²) in [7, 11) is 0. The van der Waals surface area contributed by atoms with Gasteiger partial charge in [-0.1, -0.05) is 43.3 Å². The Morgan fingerprint density at radius 2 is 2.08 bits per heavy atom. The highest BCUT2D eigenvalue weighted by Gasteiger charge is 2.15. The third-order valence-corrected chi connectivity index (χ3v) is 5.48. The molecule has 0 aliphatic heterocycles. The summed E-state index contributed by atoms with van der Waals surface area (Å²) in [6.07, 6.45) is 2.00. The lowest BCUT2D eigenvalue weighted by Gasteiger charge is -2.12. The largest absolute Gasteiger partial charge is 0.355 e. The summed E-state index contributed by atoms with van der Waals surface area (Å²) in [5, 5.41) is 5.28. The quantitative estimate of drug-likeness (QED) is 0.391. The predicted octanol–water partition coefficient (Wildman–Crippen LogP) is 3.46. The van der Waals surface area contributed by atoms with Crippen LogP contribution in [0.25, 0.3) is 15.9 Å². The average molecular weight is 374 g/mol. The standard InChI is InChI=1S/C18H19N3O2S2/c1-2-3-10-19-15(22)12-25-18-20-14-9-11-24-16(14)17(23)21(18)13-7-5-4-6-8-13/h4-9,11H,2-3,10,12H2,1H3,(H,19,22). The number of nitrogens with zero attached hydrogens (tertiary/aromatic N) is 2. The first-order chi connectivity index (χ1) is 12.2. The SMILES string of the molecule is CCCCNC(=O)CSc1nc2ccsc2c(=O)n1-c1ccccc1. The second-order valence-corrected chi connectivity index (χ2v) is 7.36. The normalized spacial score (nSPS) is 10.9. The van der Waals surface area contributed by atoms with Crippen LogP contribution in [0.2, 0.25) is 0 Å². The maximum absolute atomic E-state index is 12.9. The van der Waals surface area contributed by atoms with Gasteiger partial charge in [-0.3, -0.25) is 14.2 Å². The van der Waals surface area contributed by atoms with Crippen molar-refractivity contribution >= 4 is 39.2 Å². The van der Waals surface area contributed by atoms with Crippen LogP contribution < -0.4 is 10.9 Å².